The van der Waals surface area contributed by atoms with Crippen LogP contribution < -0.4 is 5.32 Å². The van der Waals surface area contributed by atoms with Crippen LogP contribution in [-0.2, 0) is 0 Å². The molecule has 3 atom stereocenters. The van der Waals surface area contributed by atoms with Crippen molar-refractivity contribution >= 4 is 11.6 Å². The highest BCUT2D eigenvalue weighted by Gasteiger charge is 2.21. The molecule has 17 heavy (non-hydrogen) atoms. The summed E-state index contributed by atoms with van der Waals surface area (Å²) in [5, 5.41) is 4.45. The van der Waals surface area contributed by atoms with Crippen molar-refractivity contribution in [2.45, 2.75) is 39.2 Å². The number of halogens is 1. The van der Waals surface area contributed by atoms with Gasteiger partial charge >= 0.3 is 0 Å². The van der Waals surface area contributed by atoms with Crippen LogP contribution in [0.25, 0.3) is 0 Å². The molecule has 0 heterocycles. The first kappa shape index (κ1) is 12.9. The van der Waals surface area contributed by atoms with Gasteiger partial charge in [-0.25, -0.2) is 0 Å². The zero-order valence-corrected chi connectivity index (χ0v) is 11.5. The van der Waals surface area contributed by atoms with Gasteiger partial charge in [-0.3, -0.25) is 0 Å². The molecule has 94 valence electrons. The molecule has 1 aliphatic carbocycles. The van der Waals surface area contributed by atoms with E-state index in [4.69, 9.17) is 11.6 Å². The highest BCUT2D eigenvalue weighted by Crippen LogP contribution is 2.30. The topological polar surface area (TPSA) is 12.0 Å². The molecule has 2 heteroatoms. The fourth-order valence-electron chi connectivity index (χ4n) is 2.75. The molecule has 1 aromatic carbocycles. The quantitative estimate of drug-likeness (QED) is 0.835. The molecule has 0 saturated heterocycles. The second-order valence-electron chi connectivity index (χ2n) is 5.47. The van der Waals surface area contributed by atoms with Gasteiger partial charge in [0.25, 0.3) is 0 Å². The second kappa shape index (κ2) is 5.88. The smallest absolute Gasteiger partial charge is 0.0409 e. The summed E-state index contributed by atoms with van der Waals surface area (Å²) >= 11 is 6.01. The van der Waals surface area contributed by atoms with Crippen molar-refractivity contribution < 1.29 is 0 Å². The molecule has 0 spiro atoms. The van der Waals surface area contributed by atoms with Crippen LogP contribution in [0.3, 0.4) is 0 Å². The van der Waals surface area contributed by atoms with Gasteiger partial charge in [0.2, 0.25) is 0 Å². The highest BCUT2D eigenvalue weighted by atomic mass is 35.5. The molecule has 0 bridgehead atoms. The first-order valence-corrected chi connectivity index (χ1v) is 7.02. The minimum absolute atomic E-state index is 0.393. The Balaban J connectivity index is 1.83. The number of benzene rings is 1. The maximum absolute atomic E-state index is 6.01. The second-order valence-corrected chi connectivity index (χ2v) is 5.91. The average Bonchev–Trinajstić information content (AvgIpc) is 2.72. The number of rotatable bonds is 4. The Morgan fingerprint density at radius 3 is 2.88 bits per heavy atom. The molecule has 3 unspecified atom stereocenters. The van der Waals surface area contributed by atoms with Gasteiger partial charge in [0.15, 0.2) is 0 Å². The molecular weight excluding hydrogens is 230 g/mol. The zero-order chi connectivity index (χ0) is 12.3. The molecule has 0 aromatic heterocycles. The van der Waals surface area contributed by atoms with Crippen LogP contribution in [0.4, 0.5) is 0 Å². The van der Waals surface area contributed by atoms with E-state index in [9.17, 15) is 0 Å². The van der Waals surface area contributed by atoms with Crippen molar-refractivity contribution in [3.8, 4) is 0 Å². The third-order valence-electron chi connectivity index (χ3n) is 3.86. The summed E-state index contributed by atoms with van der Waals surface area (Å²) in [4.78, 5) is 0. The summed E-state index contributed by atoms with van der Waals surface area (Å²) in [6, 6.07) is 8.53. The predicted molar refractivity (Wildman–Crippen MR) is 74.4 cm³/mol. The van der Waals surface area contributed by atoms with E-state index in [-0.39, 0.29) is 0 Å². The van der Waals surface area contributed by atoms with Gasteiger partial charge in [-0.2, -0.15) is 0 Å². The monoisotopic (exact) mass is 251 g/mol. The van der Waals surface area contributed by atoms with Gasteiger partial charge in [0.05, 0.1) is 0 Å². The van der Waals surface area contributed by atoms with E-state index in [1.807, 2.05) is 12.1 Å². The van der Waals surface area contributed by atoms with E-state index in [0.717, 1.165) is 23.4 Å². The lowest BCUT2D eigenvalue weighted by Gasteiger charge is -2.17. The first-order valence-electron chi connectivity index (χ1n) is 6.64. The predicted octanol–water partition coefficient (Wildman–Crippen LogP) is 4.43. The number of nitrogens with one attached hydrogen (secondary N) is 1. The van der Waals surface area contributed by atoms with E-state index in [1.165, 1.54) is 24.8 Å². The Bertz CT molecular complexity index is 364. The number of hydrogen-bond acceptors (Lipinski definition) is 1. The number of hydrogen-bond donors (Lipinski definition) is 1. The molecule has 1 N–H and O–H groups in total. The normalized spacial score (nSPS) is 26.1. The van der Waals surface area contributed by atoms with Crippen LogP contribution in [0, 0.1) is 11.8 Å². The van der Waals surface area contributed by atoms with Crippen molar-refractivity contribution in [1.82, 2.24) is 5.32 Å². The largest absolute Gasteiger partial charge is 0.310 e. The van der Waals surface area contributed by atoms with Crippen LogP contribution in [0.15, 0.2) is 24.3 Å². The van der Waals surface area contributed by atoms with E-state index in [2.05, 4.69) is 31.3 Å². The molecule has 1 fully saturated rings. The van der Waals surface area contributed by atoms with Gasteiger partial charge in [-0.1, -0.05) is 37.1 Å². The van der Waals surface area contributed by atoms with Gasteiger partial charge in [-0.15, -0.1) is 0 Å². The first-order chi connectivity index (χ1) is 8.15. The Morgan fingerprint density at radius 2 is 2.24 bits per heavy atom. The molecule has 2 rings (SSSR count). The van der Waals surface area contributed by atoms with Crippen molar-refractivity contribution in [3.63, 3.8) is 0 Å². The van der Waals surface area contributed by atoms with Gasteiger partial charge in [-0.05, 0) is 55.8 Å². The third kappa shape index (κ3) is 3.72. The van der Waals surface area contributed by atoms with Crippen LogP contribution in [0.5, 0.6) is 0 Å². The summed E-state index contributed by atoms with van der Waals surface area (Å²) in [6.07, 6.45) is 4.17. The Morgan fingerprint density at radius 1 is 1.41 bits per heavy atom. The van der Waals surface area contributed by atoms with Crippen LogP contribution in [0.2, 0.25) is 5.02 Å². The Hall–Kier alpha value is -0.530. The molecule has 0 aliphatic heterocycles. The minimum atomic E-state index is 0.393. The van der Waals surface area contributed by atoms with E-state index in [0.29, 0.717) is 6.04 Å². The van der Waals surface area contributed by atoms with Crippen molar-refractivity contribution in [2.75, 3.05) is 6.54 Å². The Labute approximate surface area is 110 Å². The lowest BCUT2D eigenvalue weighted by molar-refractivity contribution is 0.440. The highest BCUT2D eigenvalue weighted by molar-refractivity contribution is 6.30. The lowest BCUT2D eigenvalue weighted by atomic mass is 10.0. The van der Waals surface area contributed by atoms with E-state index < -0.39 is 0 Å². The maximum atomic E-state index is 6.01. The molecule has 1 aliphatic rings. The molecular formula is C15H22ClN. The molecule has 1 saturated carbocycles. The van der Waals surface area contributed by atoms with Gasteiger partial charge < -0.3 is 5.32 Å². The Kier molecular flexibility index (Phi) is 4.47. The van der Waals surface area contributed by atoms with Crippen LogP contribution in [-0.4, -0.2) is 6.54 Å². The van der Waals surface area contributed by atoms with Crippen molar-refractivity contribution in [1.29, 1.82) is 0 Å². The van der Waals surface area contributed by atoms with Gasteiger partial charge in [0.1, 0.15) is 0 Å². The molecule has 0 radical (unpaired) electrons. The maximum Gasteiger partial charge on any atom is 0.0409 e. The van der Waals surface area contributed by atoms with Crippen LogP contribution >= 0.6 is 11.6 Å². The summed E-state index contributed by atoms with van der Waals surface area (Å²) in [5.41, 5.74) is 1.28. The third-order valence-corrected chi connectivity index (χ3v) is 4.10. The zero-order valence-electron chi connectivity index (χ0n) is 10.7. The summed E-state index contributed by atoms with van der Waals surface area (Å²) < 4.78 is 0. The SMILES string of the molecule is CC1CCC(CNC(C)c2cccc(Cl)c2)C1. The molecule has 1 nitrogen and oxygen atoms in total. The van der Waals surface area contributed by atoms with Crippen LogP contribution in [0.1, 0.15) is 44.7 Å². The van der Waals surface area contributed by atoms with E-state index in [1.54, 1.807) is 0 Å². The standard InChI is InChI=1S/C15H22ClN/c1-11-6-7-13(8-11)10-17-12(2)14-4-3-5-15(16)9-14/h3-5,9,11-13,17H,6-8,10H2,1-2H3. The molecule has 1 aromatic rings. The van der Waals surface area contributed by atoms with Gasteiger partial charge in [0, 0.05) is 11.1 Å². The summed E-state index contributed by atoms with van der Waals surface area (Å²) in [5.74, 6) is 1.79. The summed E-state index contributed by atoms with van der Waals surface area (Å²) in [7, 11) is 0. The van der Waals surface area contributed by atoms with E-state index >= 15 is 0 Å². The summed E-state index contributed by atoms with van der Waals surface area (Å²) in [6.45, 7) is 5.71. The minimum Gasteiger partial charge on any atom is -0.310 e. The fraction of sp³-hybridized carbons (Fsp3) is 0.600. The lowest BCUT2D eigenvalue weighted by Crippen LogP contribution is -2.24. The van der Waals surface area contributed by atoms with Crippen molar-refractivity contribution in [2.24, 2.45) is 11.8 Å². The molecule has 0 amide bonds. The average molecular weight is 252 g/mol. The van der Waals surface area contributed by atoms with Crippen molar-refractivity contribution in [3.05, 3.63) is 34.9 Å². The fourth-order valence-corrected chi connectivity index (χ4v) is 2.95.